The van der Waals surface area contributed by atoms with Gasteiger partial charge in [-0.2, -0.15) is 13.2 Å². The summed E-state index contributed by atoms with van der Waals surface area (Å²) in [5.41, 5.74) is 0.859. The van der Waals surface area contributed by atoms with Gasteiger partial charge in [-0.15, -0.1) is 0 Å². The van der Waals surface area contributed by atoms with Gasteiger partial charge in [0.25, 0.3) is 0 Å². The van der Waals surface area contributed by atoms with Crippen molar-refractivity contribution in [1.82, 2.24) is 4.90 Å². The van der Waals surface area contributed by atoms with E-state index in [-0.39, 0.29) is 10.8 Å². The fourth-order valence-corrected chi connectivity index (χ4v) is 6.92. The highest BCUT2D eigenvalue weighted by Crippen LogP contribution is 2.50. The van der Waals surface area contributed by atoms with E-state index in [9.17, 15) is 22.8 Å². The van der Waals surface area contributed by atoms with E-state index in [4.69, 9.17) is 27.9 Å². The average molecular weight is 683 g/mol. The Labute approximate surface area is 281 Å². The van der Waals surface area contributed by atoms with Crippen LogP contribution in [0.4, 0.5) is 24.5 Å². The maximum Gasteiger partial charge on any atom is 0.418 e. The first kappa shape index (κ1) is 32.9. The van der Waals surface area contributed by atoms with Crippen molar-refractivity contribution >= 4 is 46.5 Å². The number of carbonyl (C=O) groups excluding carboxylic acids is 2. The number of esters is 1. The lowest BCUT2D eigenvalue weighted by Gasteiger charge is -2.42. The molecule has 47 heavy (non-hydrogen) atoms. The number of fused-ring (bicyclic) bond motifs is 1. The van der Waals surface area contributed by atoms with Crippen molar-refractivity contribution in [2.75, 3.05) is 36.4 Å². The summed E-state index contributed by atoms with van der Waals surface area (Å²) in [5.74, 6) is -2.21. The Morgan fingerprint density at radius 2 is 1.60 bits per heavy atom. The monoisotopic (exact) mass is 681 g/mol. The van der Waals surface area contributed by atoms with Gasteiger partial charge in [0.05, 0.1) is 17.2 Å². The molecule has 2 aliphatic rings. The minimum atomic E-state index is -4.75. The highest BCUT2D eigenvalue weighted by molar-refractivity contribution is 6.31. The lowest BCUT2D eigenvalue weighted by molar-refractivity contribution is -0.144. The summed E-state index contributed by atoms with van der Waals surface area (Å²) in [5, 5.41) is 2.69. The van der Waals surface area contributed by atoms with Gasteiger partial charge in [0.2, 0.25) is 5.91 Å². The van der Waals surface area contributed by atoms with Gasteiger partial charge in [-0.05, 0) is 47.5 Å². The lowest BCUT2D eigenvalue weighted by atomic mass is 9.64. The van der Waals surface area contributed by atoms with Crippen LogP contribution < -0.4 is 15.0 Å². The van der Waals surface area contributed by atoms with E-state index < -0.39 is 47.1 Å². The van der Waals surface area contributed by atoms with Gasteiger partial charge < -0.3 is 15.0 Å². The Balaban J connectivity index is 1.29. The number of carbonyl (C=O) groups is 2. The van der Waals surface area contributed by atoms with Crippen LogP contribution in [-0.2, 0) is 27.7 Å². The first-order valence-electron chi connectivity index (χ1n) is 15.2. The average Bonchev–Trinajstić information content (AvgIpc) is 3.05. The molecule has 4 aromatic rings. The van der Waals surface area contributed by atoms with E-state index in [0.717, 1.165) is 49.4 Å². The van der Waals surface area contributed by atoms with E-state index in [1.165, 1.54) is 11.8 Å². The summed E-state index contributed by atoms with van der Waals surface area (Å²) in [6.07, 6.45) is -5.18. The normalized spacial score (nSPS) is 20.0. The number of hydrogen-bond acceptors (Lipinski definition) is 5. The summed E-state index contributed by atoms with van der Waals surface area (Å²) >= 11 is 12.6. The second-order valence-electron chi connectivity index (χ2n) is 12.0. The van der Waals surface area contributed by atoms with Gasteiger partial charge >= 0.3 is 12.1 Å². The number of alkyl halides is 3. The highest BCUT2D eigenvalue weighted by Gasteiger charge is 2.49. The van der Waals surface area contributed by atoms with Crippen LogP contribution in [0.15, 0.2) is 91.0 Å². The van der Waals surface area contributed by atoms with Crippen molar-refractivity contribution in [3.63, 3.8) is 0 Å². The SMILES string of the molecule is CC1(c2ccccc2)c2cc(CN3CCN(c4ccccc4)CC3)c(Cl)cc2OC(=O)C1CC(=O)Nc1ccc(Cl)cc1C(F)(F)F. The predicted octanol–water partition coefficient (Wildman–Crippen LogP) is 8.20. The van der Waals surface area contributed by atoms with Crippen LogP contribution in [0.5, 0.6) is 5.75 Å². The van der Waals surface area contributed by atoms with E-state index in [1.807, 2.05) is 61.5 Å². The molecule has 2 aliphatic heterocycles. The molecule has 0 aliphatic carbocycles. The van der Waals surface area contributed by atoms with Crippen LogP contribution in [0.25, 0.3) is 0 Å². The number of benzene rings is 4. The number of nitrogens with one attached hydrogen (secondary N) is 1. The zero-order chi connectivity index (χ0) is 33.3. The molecule has 0 saturated carbocycles. The maximum absolute atomic E-state index is 13.7. The molecule has 11 heteroatoms. The topological polar surface area (TPSA) is 61.9 Å². The van der Waals surface area contributed by atoms with Crippen molar-refractivity contribution in [1.29, 1.82) is 0 Å². The van der Waals surface area contributed by atoms with Crippen LogP contribution in [-0.4, -0.2) is 43.0 Å². The Morgan fingerprint density at radius 1 is 0.936 bits per heavy atom. The molecule has 1 N–H and O–H groups in total. The third-order valence-corrected chi connectivity index (χ3v) is 9.70. The second kappa shape index (κ2) is 13.2. The number of anilines is 2. The predicted molar refractivity (Wildman–Crippen MR) is 177 cm³/mol. The standard InChI is InChI=1S/C36H32Cl2F3N3O3/c1-35(24-8-4-2-5-9-24)28-18-23(22-43-14-16-44(17-15-43)26-10-6-3-7-11-26)30(38)21-32(28)47-34(46)29(35)20-33(45)42-31-13-12-25(37)19-27(31)36(39,40)41/h2-13,18-19,21,29H,14-17,20,22H2,1H3,(H,42,45). The highest BCUT2D eigenvalue weighted by atomic mass is 35.5. The van der Waals surface area contributed by atoms with Gasteiger partial charge in [0, 0.05) is 71.9 Å². The third-order valence-electron chi connectivity index (χ3n) is 9.11. The molecule has 2 unspecified atom stereocenters. The number of rotatable bonds is 7. The van der Waals surface area contributed by atoms with E-state index in [1.54, 1.807) is 6.07 Å². The molecule has 0 aromatic heterocycles. The molecule has 1 amide bonds. The maximum atomic E-state index is 13.7. The summed E-state index contributed by atoms with van der Waals surface area (Å²) < 4.78 is 47.0. The lowest BCUT2D eigenvalue weighted by Crippen LogP contribution is -2.47. The zero-order valence-electron chi connectivity index (χ0n) is 25.5. The zero-order valence-corrected chi connectivity index (χ0v) is 27.0. The van der Waals surface area contributed by atoms with Crippen LogP contribution in [0.1, 0.15) is 35.6 Å². The number of hydrogen-bond donors (Lipinski definition) is 1. The van der Waals surface area contributed by atoms with Gasteiger partial charge in [-0.1, -0.05) is 78.7 Å². The number of halogens is 5. The Morgan fingerprint density at radius 3 is 2.26 bits per heavy atom. The van der Waals surface area contributed by atoms with Crippen molar-refractivity contribution in [3.8, 4) is 5.75 Å². The minimum absolute atomic E-state index is 0.119. The van der Waals surface area contributed by atoms with Crippen molar-refractivity contribution in [3.05, 3.63) is 123 Å². The van der Waals surface area contributed by atoms with Crippen LogP contribution in [0.3, 0.4) is 0 Å². The first-order chi connectivity index (χ1) is 22.4. The molecule has 6 nitrogen and oxygen atoms in total. The van der Waals surface area contributed by atoms with E-state index in [2.05, 4.69) is 27.2 Å². The first-order valence-corrected chi connectivity index (χ1v) is 16.0. The van der Waals surface area contributed by atoms with Crippen LogP contribution >= 0.6 is 23.2 Å². The number of para-hydroxylation sites is 1. The number of piperazine rings is 1. The molecule has 0 radical (unpaired) electrons. The van der Waals surface area contributed by atoms with E-state index in [0.29, 0.717) is 17.1 Å². The van der Waals surface area contributed by atoms with Gasteiger partial charge in [0.15, 0.2) is 0 Å². The second-order valence-corrected chi connectivity index (χ2v) is 12.9. The van der Waals surface area contributed by atoms with Crippen LogP contribution in [0.2, 0.25) is 10.0 Å². The third kappa shape index (κ3) is 6.84. The smallest absolute Gasteiger partial charge is 0.418 e. The van der Waals surface area contributed by atoms with Crippen molar-refractivity contribution < 1.29 is 27.5 Å². The molecule has 0 spiro atoms. The Bertz CT molecular complexity index is 1780. The quantitative estimate of drug-likeness (QED) is 0.157. The summed E-state index contributed by atoms with van der Waals surface area (Å²) in [7, 11) is 0. The molecule has 2 atom stereocenters. The Hall–Kier alpha value is -4.05. The molecule has 4 aromatic carbocycles. The number of amides is 1. The summed E-state index contributed by atoms with van der Waals surface area (Å²) in [6.45, 7) is 5.77. The largest absolute Gasteiger partial charge is 0.426 e. The molecule has 1 saturated heterocycles. The molecule has 2 heterocycles. The molecular weight excluding hydrogens is 650 g/mol. The molecule has 1 fully saturated rings. The van der Waals surface area contributed by atoms with Crippen molar-refractivity contribution in [2.24, 2.45) is 5.92 Å². The summed E-state index contributed by atoms with van der Waals surface area (Å²) in [4.78, 5) is 31.7. The van der Waals surface area contributed by atoms with Gasteiger partial charge in [-0.3, -0.25) is 14.5 Å². The van der Waals surface area contributed by atoms with Crippen LogP contribution in [0, 0.1) is 5.92 Å². The fraction of sp³-hybridized carbons (Fsp3) is 0.278. The molecule has 244 valence electrons. The summed E-state index contributed by atoms with van der Waals surface area (Å²) in [6, 6.07) is 26.2. The number of ether oxygens (including phenoxy) is 1. The molecule has 6 rings (SSSR count). The van der Waals surface area contributed by atoms with E-state index >= 15 is 0 Å². The van der Waals surface area contributed by atoms with Gasteiger partial charge in [0.1, 0.15) is 5.75 Å². The Kier molecular flexibility index (Phi) is 9.25. The molecule has 0 bridgehead atoms. The van der Waals surface area contributed by atoms with Gasteiger partial charge in [-0.25, -0.2) is 0 Å². The fourth-order valence-electron chi connectivity index (χ4n) is 6.53. The minimum Gasteiger partial charge on any atom is -0.426 e. The van der Waals surface area contributed by atoms with Crippen molar-refractivity contribution in [2.45, 2.75) is 31.5 Å². The molecular formula is C36H32Cl2F3N3O3. The number of nitrogens with zero attached hydrogens (tertiary/aromatic N) is 2.